The minimum absolute atomic E-state index is 0.523. The van der Waals surface area contributed by atoms with Gasteiger partial charge in [0, 0.05) is 30.3 Å². The Balaban J connectivity index is 1.64. The van der Waals surface area contributed by atoms with Crippen LogP contribution in [0.4, 0.5) is 5.82 Å². The fourth-order valence-corrected chi connectivity index (χ4v) is 2.75. The Morgan fingerprint density at radius 3 is 2.90 bits per heavy atom. The van der Waals surface area contributed by atoms with Gasteiger partial charge in [-0.2, -0.15) is 4.98 Å². The summed E-state index contributed by atoms with van der Waals surface area (Å²) in [5.41, 5.74) is 2.97. The Bertz CT molecular complexity index is 595. The molecule has 6 heteroatoms. The van der Waals surface area contributed by atoms with Gasteiger partial charge in [-0.25, -0.2) is 9.97 Å². The van der Waals surface area contributed by atoms with Crippen molar-refractivity contribution in [1.82, 2.24) is 15.0 Å². The van der Waals surface area contributed by atoms with Gasteiger partial charge in [-0.15, -0.1) is 11.3 Å². The molecule has 1 aliphatic carbocycles. The summed E-state index contributed by atoms with van der Waals surface area (Å²) in [6, 6.07) is 1.85. The van der Waals surface area contributed by atoms with Crippen molar-refractivity contribution in [2.75, 3.05) is 19.0 Å². The molecule has 1 N–H and O–H groups in total. The highest BCUT2D eigenvalue weighted by molar-refractivity contribution is 7.09. The van der Waals surface area contributed by atoms with Gasteiger partial charge in [0.05, 0.1) is 17.8 Å². The summed E-state index contributed by atoms with van der Waals surface area (Å²) < 4.78 is 5.78. The molecular weight excluding hydrogens is 272 g/mol. The van der Waals surface area contributed by atoms with Crippen LogP contribution in [0.2, 0.25) is 0 Å². The molecule has 1 saturated carbocycles. The summed E-state index contributed by atoms with van der Waals surface area (Å²) in [6.45, 7) is 2.65. The van der Waals surface area contributed by atoms with E-state index in [4.69, 9.17) is 4.74 Å². The molecule has 2 aromatic rings. The number of hydrogen-bond acceptors (Lipinski definition) is 6. The molecule has 0 spiro atoms. The minimum atomic E-state index is 0.523. The summed E-state index contributed by atoms with van der Waals surface area (Å²) in [6.07, 6.45) is 3.24. The molecule has 0 saturated heterocycles. The van der Waals surface area contributed by atoms with Crippen LogP contribution < -0.4 is 10.1 Å². The van der Waals surface area contributed by atoms with Gasteiger partial charge >= 0.3 is 0 Å². The van der Waals surface area contributed by atoms with Crippen LogP contribution in [-0.4, -0.2) is 28.6 Å². The standard InChI is InChI=1S/C14H18N4OS/c1-9-11(20-8-16-9)5-6-19-13-7-12(15-2)17-14(18-13)10-3-4-10/h7-8,10H,3-6H2,1-2H3,(H,15,17,18). The monoisotopic (exact) mass is 290 g/mol. The van der Waals surface area contributed by atoms with Crippen molar-refractivity contribution in [3.05, 3.63) is 28.0 Å². The van der Waals surface area contributed by atoms with Crippen LogP contribution in [0.3, 0.4) is 0 Å². The van der Waals surface area contributed by atoms with E-state index in [0.29, 0.717) is 18.4 Å². The maximum absolute atomic E-state index is 5.78. The van der Waals surface area contributed by atoms with Gasteiger partial charge in [-0.1, -0.05) is 0 Å². The lowest BCUT2D eigenvalue weighted by Gasteiger charge is -2.08. The molecule has 3 rings (SSSR count). The zero-order chi connectivity index (χ0) is 13.9. The molecule has 20 heavy (non-hydrogen) atoms. The van der Waals surface area contributed by atoms with Gasteiger partial charge in [0.25, 0.3) is 0 Å². The number of nitrogens with zero attached hydrogens (tertiary/aromatic N) is 3. The van der Waals surface area contributed by atoms with Crippen molar-refractivity contribution in [2.45, 2.75) is 32.1 Å². The van der Waals surface area contributed by atoms with Gasteiger partial charge in [0.1, 0.15) is 11.6 Å². The molecule has 0 atom stereocenters. The molecule has 1 fully saturated rings. The van der Waals surface area contributed by atoms with Crippen LogP contribution in [0.15, 0.2) is 11.6 Å². The van der Waals surface area contributed by atoms with Crippen molar-refractivity contribution in [1.29, 1.82) is 0 Å². The van der Waals surface area contributed by atoms with Crippen molar-refractivity contribution in [3.63, 3.8) is 0 Å². The van der Waals surface area contributed by atoms with Crippen LogP contribution in [-0.2, 0) is 6.42 Å². The molecular formula is C14H18N4OS. The second-order valence-electron chi connectivity index (χ2n) is 4.93. The lowest BCUT2D eigenvalue weighted by atomic mass is 10.3. The molecule has 0 amide bonds. The molecule has 0 aromatic carbocycles. The fraction of sp³-hybridized carbons (Fsp3) is 0.500. The zero-order valence-corrected chi connectivity index (χ0v) is 12.5. The number of anilines is 1. The molecule has 0 unspecified atom stereocenters. The van der Waals surface area contributed by atoms with E-state index in [1.54, 1.807) is 11.3 Å². The number of hydrogen-bond donors (Lipinski definition) is 1. The zero-order valence-electron chi connectivity index (χ0n) is 11.7. The first kappa shape index (κ1) is 13.3. The number of rotatable bonds is 6. The Morgan fingerprint density at radius 1 is 1.40 bits per heavy atom. The van der Waals surface area contributed by atoms with Crippen molar-refractivity contribution in [3.8, 4) is 5.88 Å². The van der Waals surface area contributed by atoms with Crippen LogP contribution in [0.5, 0.6) is 5.88 Å². The summed E-state index contributed by atoms with van der Waals surface area (Å²) in [4.78, 5) is 14.5. The Kier molecular flexibility index (Phi) is 3.82. The maximum atomic E-state index is 5.78. The van der Waals surface area contributed by atoms with E-state index in [1.807, 2.05) is 25.5 Å². The van der Waals surface area contributed by atoms with Gasteiger partial charge in [-0.3, -0.25) is 0 Å². The lowest BCUT2D eigenvalue weighted by Crippen LogP contribution is -2.06. The number of aromatic nitrogens is 3. The maximum Gasteiger partial charge on any atom is 0.218 e. The van der Waals surface area contributed by atoms with Crippen molar-refractivity contribution < 1.29 is 4.74 Å². The van der Waals surface area contributed by atoms with Crippen LogP contribution in [0, 0.1) is 6.92 Å². The molecule has 0 aliphatic heterocycles. The second-order valence-corrected chi connectivity index (χ2v) is 5.87. The first-order valence-corrected chi connectivity index (χ1v) is 7.72. The first-order chi connectivity index (χ1) is 9.76. The molecule has 106 valence electrons. The second kappa shape index (κ2) is 5.75. The fourth-order valence-electron chi connectivity index (χ4n) is 1.98. The Morgan fingerprint density at radius 2 is 2.25 bits per heavy atom. The Labute approximate surface area is 122 Å². The minimum Gasteiger partial charge on any atom is -0.477 e. The summed E-state index contributed by atoms with van der Waals surface area (Å²) >= 11 is 1.67. The highest BCUT2D eigenvalue weighted by Crippen LogP contribution is 2.39. The van der Waals surface area contributed by atoms with E-state index >= 15 is 0 Å². The molecule has 2 aromatic heterocycles. The van der Waals surface area contributed by atoms with E-state index in [-0.39, 0.29) is 0 Å². The third-order valence-corrected chi connectivity index (χ3v) is 4.34. The lowest BCUT2D eigenvalue weighted by molar-refractivity contribution is 0.308. The third kappa shape index (κ3) is 3.07. The van der Waals surface area contributed by atoms with Crippen molar-refractivity contribution in [2.24, 2.45) is 0 Å². The molecule has 2 heterocycles. The predicted octanol–water partition coefficient (Wildman–Crippen LogP) is 2.78. The number of aryl methyl sites for hydroxylation is 1. The van der Waals surface area contributed by atoms with E-state index in [9.17, 15) is 0 Å². The predicted molar refractivity (Wildman–Crippen MR) is 79.6 cm³/mol. The Hall–Kier alpha value is -1.69. The van der Waals surface area contributed by atoms with E-state index < -0.39 is 0 Å². The smallest absolute Gasteiger partial charge is 0.218 e. The van der Waals surface area contributed by atoms with Crippen molar-refractivity contribution >= 4 is 17.2 Å². The summed E-state index contributed by atoms with van der Waals surface area (Å²) in [5.74, 6) is 2.91. The molecule has 1 aliphatic rings. The molecule has 0 radical (unpaired) electrons. The summed E-state index contributed by atoms with van der Waals surface area (Å²) in [5, 5.41) is 3.06. The van der Waals surface area contributed by atoms with Gasteiger partial charge in [0.2, 0.25) is 5.88 Å². The number of ether oxygens (including phenoxy) is 1. The number of thiazole rings is 1. The summed E-state index contributed by atoms with van der Waals surface area (Å²) in [7, 11) is 1.86. The third-order valence-electron chi connectivity index (χ3n) is 3.34. The van der Waals surface area contributed by atoms with E-state index in [1.165, 1.54) is 17.7 Å². The van der Waals surface area contributed by atoms with Gasteiger partial charge in [-0.05, 0) is 19.8 Å². The average Bonchev–Trinajstić information content (AvgIpc) is 3.23. The molecule has 5 nitrogen and oxygen atoms in total. The quantitative estimate of drug-likeness (QED) is 0.886. The topological polar surface area (TPSA) is 59.9 Å². The number of nitrogens with one attached hydrogen (secondary N) is 1. The van der Waals surface area contributed by atoms with Gasteiger partial charge in [0.15, 0.2) is 0 Å². The van der Waals surface area contributed by atoms with E-state index in [0.717, 1.165) is 23.8 Å². The normalized spacial score (nSPS) is 14.3. The largest absolute Gasteiger partial charge is 0.477 e. The molecule has 0 bridgehead atoms. The highest BCUT2D eigenvalue weighted by atomic mass is 32.1. The van der Waals surface area contributed by atoms with Crippen LogP contribution >= 0.6 is 11.3 Å². The van der Waals surface area contributed by atoms with Crippen LogP contribution in [0.1, 0.15) is 35.2 Å². The highest BCUT2D eigenvalue weighted by Gasteiger charge is 2.27. The average molecular weight is 290 g/mol. The van der Waals surface area contributed by atoms with Crippen LogP contribution in [0.25, 0.3) is 0 Å². The van der Waals surface area contributed by atoms with E-state index in [2.05, 4.69) is 20.3 Å². The SMILES string of the molecule is CNc1cc(OCCc2scnc2C)nc(C2CC2)n1. The first-order valence-electron chi connectivity index (χ1n) is 6.84. The van der Waals surface area contributed by atoms with Gasteiger partial charge < -0.3 is 10.1 Å².